The van der Waals surface area contributed by atoms with Gasteiger partial charge in [0.05, 0.1) is 0 Å². The number of ether oxygens (including phenoxy) is 1. The van der Waals surface area contributed by atoms with Crippen molar-refractivity contribution < 1.29 is 9.53 Å². The number of carbonyl (C=O) groups is 1. The predicted molar refractivity (Wildman–Crippen MR) is 95.4 cm³/mol. The van der Waals surface area contributed by atoms with E-state index in [9.17, 15) is 4.79 Å². The fourth-order valence-corrected chi connectivity index (χ4v) is 2.88. The Kier molecular flexibility index (Phi) is 5.16. The molecule has 126 valence electrons. The van der Waals surface area contributed by atoms with E-state index in [0.29, 0.717) is 12.2 Å². The second kappa shape index (κ2) is 7.49. The maximum absolute atomic E-state index is 12.6. The van der Waals surface area contributed by atoms with Crippen LogP contribution in [0.4, 0.5) is 0 Å². The number of nitrogens with zero attached hydrogens (tertiary/aromatic N) is 2. The van der Waals surface area contributed by atoms with Gasteiger partial charge in [0.1, 0.15) is 12.4 Å². The largest absolute Gasteiger partial charge is 0.489 e. The molecule has 4 heteroatoms. The van der Waals surface area contributed by atoms with Gasteiger partial charge in [-0.1, -0.05) is 35.9 Å². The molecule has 3 rings (SSSR count). The predicted octanol–water partition coefficient (Wildman–Crippen LogP) is 2.96. The van der Waals surface area contributed by atoms with E-state index in [2.05, 4.69) is 31.0 Å². The van der Waals surface area contributed by atoms with Crippen LogP contribution in [0, 0.1) is 6.92 Å². The normalized spacial score (nSPS) is 15.3. The van der Waals surface area contributed by atoms with E-state index in [-0.39, 0.29) is 5.91 Å². The summed E-state index contributed by atoms with van der Waals surface area (Å²) in [5.74, 6) is 0.820. The van der Waals surface area contributed by atoms with E-state index in [0.717, 1.165) is 37.5 Å². The van der Waals surface area contributed by atoms with Gasteiger partial charge in [0.25, 0.3) is 5.91 Å². The summed E-state index contributed by atoms with van der Waals surface area (Å²) in [5.41, 5.74) is 3.04. The number of hydrogen-bond acceptors (Lipinski definition) is 3. The Hall–Kier alpha value is -2.33. The van der Waals surface area contributed by atoms with E-state index >= 15 is 0 Å². The van der Waals surface area contributed by atoms with Gasteiger partial charge in [-0.25, -0.2) is 0 Å². The van der Waals surface area contributed by atoms with Gasteiger partial charge in [-0.2, -0.15) is 0 Å². The molecule has 1 amide bonds. The fraction of sp³-hybridized carbons (Fsp3) is 0.350. The van der Waals surface area contributed by atoms with Crippen LogP contribution in [-0.4, -0.2) is 48.9 Å². The lowest BCUT2D eigenvalue weighted by Crippen LogP contribution is -2.47. The van der Waals surface area contributed by atoms with Crippen molar-refractivity contribution in [1.82, 2.24) is 9.80 Å². The average molecular weight is 324 g/mol. The first-order valence-electron chi connectivity index (χ1n) is 8.38. The monoisotopic (exact) mass is 324 g/mol. The zero-order valence-electron chi connectivity index (χ0n) is 14.4. The lowest BCUT2D eigenvalue weighted by Gasteiger charge is -2.32. The topological polar surface area (TPSA) is 32.8 Å². The standard InChI is InChI=1S/C20H24N2O2/c1-16-5-3-6-17(13-16)15-24-19-8-4-7-18(14-19)20(23)22-11-9-21(2)10-12-22/h3-8,13-14H,9-12,15H2,1-2H3. The quantitative estimate of drug-likeness (QED) is 0.867. The first kappa shape index (κ1) is 16.5. The Morgan fingerprint density at radius 2 is 1.79 bits per heavy atom. The molecule has 2 aromatic carbocycles. The second-order valence-corrected chi connectivity index (χ2v) is 6.40. The molecule has 0 spiro atoms. The van der Waals surface area contributed by atoms with E-state index in [1.165, 1.54) is 5.56 Å². The second-order valence-electron chi connectivity index (χ2n) is 6.40. The molecule has 1 saturated heterocycles. The summed E-state index contributed by atoms with van der Waals surface area (Å²) in [7, 11) is 2.08. The van der Waals surface area contributed by atoms with Crippen molar-refractivity contribution in [1.29, 1.82) is 0 Å². The summed E-state index contributed by atoms with van der Waals surface area (Å²) in [6.07, 6.45) is 0. The number of amides is 1. The lowest BCUT2D eigenvalue weighted by atomic mass is 10.1. The molecule has 0 N–H and O–H groups in total. The molecule has 0 bridgehead atoms. The number of aryl methyl sites for hydroxylation is 1. The van der Waals surface area contributed by atoms with Crippen molar-refractivity contribution in [2.24, 2.45) is 0 Å². The zero-order chi connectivity index (χ0) is 16.9. The lowest BCUT2D eigenvalue weighted by molar-refractivity contribution is 0.0663. The molecule has 0 unspecified atom stereocenters. The Labute approximate surface area is 143 Å². The molecule has 1 aliphatic rings. The number of rotatable bonds is 4. The van der Waals surface area contributed by atoms with Gasteiger partial charge in [-0.05, 0) is 37.7 Å². The van der Waals surface area contributed by atoms with Crippen LogP contribution in [0.5, 0.6) is 5.75 Å². The molecule has 0 atom stereocenters. The minimum Gasteiger partial charge on any atom is -0.489 e. The van der Waals surface area contributed by atoms with Gasteiger partial charge in [0.15, 0.2) is 0 Å². The summed E-state index contributed by atoms with van der Waals surface area (Å²) in [5, 5.41) is 0. The van der Waals surface area contributed by atoms with Crippen molar-refractivity contribution in [3.05, 3.63) is 65.2 Å². The third-order valence-corrected chi connectivity index (χ3v) is 4.36. The summed E-state index contributed by atoms with van der Waals surface area (Å²) in [4.78, 5) is 16.8. The Balaban J connectivity index is 1.64. The van der Waals surface area contributed by atoms with Crippen molar-refractivity contribution in [2.75, 3.05) is 33.2 Å². The SMILES string of the molecule is Cc1cccc(COc2cccc(C(=O)N3CCN(C)CC3)c2)c1. The van der Waals surface area contributed by atoms with Gasteiger partial charge >= 0.3 is 0 Å². The number of hydrogen-bond donors (Lipinski definition) is 0. The summed E-state index contributed by atoms with van der Waals surface area (Å²) >= 11 is 0. The van der Waals surface area contributed by atoms with E-state index in [1.807, 2.05) is 41.3 Å². The van der Waals surface area contributed by atoms with E-state index in [4.69, 9.17) is 4.74 Å². The Morgan fingerprint density at radius 3 is 2.54 bits per heavy atom. The molecule has 24 heavy (non-hydrogen) atoms. The summed E-state index contributed by atoms with van der Waals surface area (Å²) in [6.45, 7) is 5.99. The Morgan fingerprint density at radius 1 is 1.04 bits per heavy atom. The van der Waals surface area contributed by atoms with Gasteiger partial charge in [0, 0.05) is 31.7 Å². The molecule has 0 radical (unpaired) electrons. The first-order valence-corrected chi connectivity index (χ1v) is 8.38. The molecule has 1 heterocycles. The number of benzene rings is 2. The van der Waals surface area contributed by atoms with Crippen LogP contribution in [0.15, 0.2) is 48.5 Å². The molecule has 1 aliphatic heterocycles. The van der Waals surface area contributed by atoms with Gasteiger partial charge in [0.2, 0.25) is 0 Å². The molecule has 2 aromatic rings. The highest BCUT2D eigenvalue weighted by atomic mass is 16.5. The number of likely N-dealkylation sites (N-methyl/N-ethyl adjacent to an activating group) is 1. The van der Waals surface area contributed by atoms with Gasteiger partial charge < -0.3 is 14.5 Å². The molecule has 0 saturated carbocycles. The van der Waals surface area contributed by atoms with Crippen LogP contribution in [0.1, 0.15) is 21.5 Å². The van der Waals surface area contributed by atoms with Crippen molar-refractivity contribution in [3.8, 4) is 5.75 Å². The average Bonchev–Trinajstić information content (AvgIpc) is 2.60. The van der Waals surface area contributed by atoms with Crippen LogP contribution < -0.4 is 4.74 Å². The number of carbonyl (C=O) groups excluding carboxylic acids is 1. The molecule has 4 nitrogen and oxygen atoms in total. The van der Waals surface area contributed by atoms with Crippen molar-refractivity contribution in [3.63, 3.8) is 0 Å². The van der Waals surface area contributed by atoms with Crippen LogP contribution in [0.3, 0.4) is 0 Å². The zero-order valence-corrected chi connectivity index (χ0v) is 14.4. The van der Waals surface area contributed by atoms with Crippen LogP contribution >= 0.6 is 0 Å². The molecule has 1 fully saturated rings. The summed E-state index contributed by atoms with van der Waals surface area (Å²) in [6, 6.07) is 15.7. The van der Waals surface area contributed by atoms with E-state index in [1.54, 1.807) is 0 Å². The fourth-order valence-electron chi connectivity index (χ4n) is 2.88. The highest BCUT2D eigenvalue weighted by Gasteiger charge is 2.20. The smallest absolute Gasteiger partial charge is 0.254 e. The molecule has 0 aromatic heterocycles. The molecular weight excluding hydrogens is 300 g/mol. The van der Waals surface area contributed by atoms with Gasteiger partial charge in [-0.15, -0.1) is 0 Å². The minimum absolute atomic E-state index is 0.0871. The van der Waals surface area contributed by atoms with Crippen LogP contribution in [0.2, 0.25) is 0 Å². The molecule has 0 aliphatic carbocycles. The maximum Gasteiger partial charge on any atom is 0.254 e. The molecular formula is C20H24N2O2. The highest BCUT2D eigenvalue weighted by molar-refractivity contribution is 5.94. The minimum atomic E-state index is 0.0871. The van der Waals surface area contributed by atoms with Gasteiger partial charge in [-0.3, -0.25) is 4.79 Å². The van der Waals surface area contributed by atoms with Crippen LogP contribution in [-0.2, 0) is 6.61 Å². The summed E-state index contributed by atoms with van der Waals surface area (Å²) < 4.78 is 5.86. The van der Waals surface area contributed by atoms with Crippen molar-refractivity contribution >= 4 is 5.91 Å². The highest BCUT2D eigenvalue weighted by Crippen LogP contribution is 2.17. The third-order valence-electron chi connectivity index (χ3n) is 4.36. The van der Waals surface area contributed by atoms with Crippen LogP contribution in [0.25, 0.3) is 0 Å². The van der Waals surface area contributed by atoms with E-state index < -0.39 is 0 Å². The maximum atomic E-state index is 12.6. The van der Waals surface area contributed by atoms with Crippen molar-refractivity contribution in [2.45, 2.75) is 13.5 Å². The Bertz CT molecular complexity index is 706. The third kappa shape index (κ3) is 4.15. The first-order chi connectivity index (χ1) is 11.6. The number of piperazine rings is 1.